The molecular weight excluding hydrogens is 160 g/mol. The molecule has 0 radical (unpaired) electrons. The van der Waals surface area contributed by atoms with E-state index in [2.05, 4.69) is 11.4 Å². The van der Waals surface area contributed by atoms with Crippen LogP contribution in [0.5, 0.6) is 0 Å². The quantitative estimate of drug-likeness (QED) is 0.693. The highest BCUT2D eigenvalue weighted by atomic mass is 32.1. The third-order valence-electron chi connectivity index (χ3n) is 1.92. The fraction of sp³-hybridized carbons (Fsp3) is 0.500. The lowest BCUT2D eigenvalue weighted by atomic mass is 10.1. The van der Waals surface area contributed by atoms with E-state index in [0.717, 1.165) is 6.42 Å². The van der Waals surface area contributed by atoms with Crippen molar-refractivity contribution in [2.45, 2.75) is 18.6 Å². The van der Waals surface area contributed by atoms with E-state index in [4.69, 9.17) is 9.84 Å². The van der Waals surface area contributed by atoms with Crippen molar-refractivity contribution < 1.29 is 9.84 Å². The Kier molecular flexibility index (Phi) is 1.94. The Labute approximate surface area is 69.4 Å². The first-order valence-electron chi connectivity index (χ1n) is 3.69. The summed E-state index contributed by atoms with van der Waals surface area (Å²) in [7, 11) is 0. The fourth-order valence-corrected chi connectivity index (χ4v) is 2.16. The Morgan fingerprint density at radius 2 is 2.55 bits per heavy atom. The van der Waals surface area contributed by atoms with Gasteiger partial charge in [0.05, 0.1) is 6.61 Å². The highest BCUT2D eigenvalue weighted by molar-refractivity contribution is 7.10. The van der Waals surface area contributed by atoms with Crippen LogP contribution in [-0.4, -0.2) is 18.0 Å². The number of rotatable bonds is 1. The predicted octanol–water partition coefficient (Wildman–Crippen LogP) is 1.57. The van der Waals surface area contributed by atoms with Crippen LogP contribution in [0.1, 0.15) is 17.2 Å². The number of ether oxygens (including phenoxy) is 1. The van der Waals surface area contributed by atoms with E-state index >= 15 is 0 Å². The Hall–Kier alpha value is -0.380. The third-order valence-corrected chi connectivity index (χ3v) is 2.96. The van der Waals surface area contributed by atoms with Gasteiger partial charge in [0, 0.05) is 17.2 Å². The Bertz CT molecular complexity index is 220. The van der Waals surface area contributed by atoms with Gasteiger partial charge in [-0.3, -0.25) is 0 Å². The molecule has 0 saturated carbocycles. The monoisotopic (exact) mass is 170 g/mol. The van der Waals surface area contributed by atoms with Gasteiger partial charge in [-0.1, -0.05) is 6.07 Å². The largest absolute Gasteiger partial charge is 0.368 e. The van der Waals surface area contributed by atoms with Gasteiger partial charge in [0.1, 0.15) is 0 Å². The summed E-state index contributed by atoms with van der Waals surface area (Å²) in [6.45, 7) is 0.668. The summed E-state index contributed by atoms with van der Waals surface area (Å²) < 4.78 is 5.05. The zero-order valence-corrected chi connectivity index (χ0v) is 6.88. The third kappa shape index (κ3) is 1.45. The van der Waals surface area contributed by atoms with E-state index in [1.54, 1.807) is 11.3 Å². The molecule has 2 atom stereocenters. The highest BCUT2D eigenvalue weighted by Crippen LogP contribution is 2.30. The summed E-state index contributed by atoms with van der Waals surface area (Å²) >= 11 is 1.73. The molecule has 1 aromatic heterocycles. The molecule has 2 nitrogen and oxygen atoms in total. The molecule has 1 fully saturated rings. The molecule has 0 spiro atoms. The molecule has 0 aromatic carbocycles. The SMILES string of the molecule is OC1C[C@H](c2cccs2)CO1. The first-order valence-corrected chi connectivity index (χ1v) is 4.57. The van der Waals surface area contributed by atoms with Gasteiger partial charge in [-0.2, -0.15) is 0 Å². The minimum Gasteiger partial charge on any atom is -0.368 e. The van der Waals surface area contributed by atoms with Crippen molar-refractivity contribution in [2.75, 3.05) is 6.61 Å². The van der Waals surface area contributed by atoms with Crippen molar-refractivity contribution in [3.8, 4) is 0 Å². The molecule has 3 heteroatoms. The molecule has 1 aromatic rings. The zero-order chi connectivity index (χ0) is 7.68. The van der Waals surface area contributed by atoms with E-state index < -0.39 is 6.29 Å². The van der Waals surface area contributed by atoms with Gasteiger partial charge in [-0.15, -0.1) is 11.3 Å². The average molecular weight is 170 g/mol. The van der Waals surface area contributed by atoms with E-state index in [-0.39, 0.29) is 0 Å². The maximum absolute atomic E-state index is 9.08. The number of hydrogen-bond donors (Lipinski definition) is 1. The first kappa shape index (κ1) is 7.28. The molecular formula is C8H10O2S. The van der Waals surface area contributed by atoms with Gasteiger partial charge >= 0.3 is 0 Å². The maximum Gasteiger partial charge on any atom is 0.155 e. The molecule has 2 rings (SSSR count). The van der Waals surface area contributed by atoms with Crippen LogP contribution in [0.2, 0.25) is 0 Å². The molecule has 2 heterocycles. The summed E-state index contributed by atoms with van der Waals surface area (Å²) in [4.78, 5) is 1.32. The summed E-state index contributed by atoms with van der Waals surface area (Å²) in [6.07, 6.45) is 0.211. The van der Waals surface area contributed by atoms with Crippen LogP contribution in [-0.2, 0) is 4.74 Å². The lowest BCUT2D eigenvalue weighted by molar-refractivity contribution is -0.0589. The van der Waals surface area contributed by atoms with Gasteiger partial charge in [-0.05, 0) is 11.4 Å². The Morgan fingerprint density at radius 3 is 3.09 bits per heavy atom. The van der Waals surface area contributed by atoms with E-state index in [1.165, 1.54) is 4.88 Å². The number of hydrogen-bond acceptors (Lipinski definition) is 3. The number of aliphatic hydroxyl groups excluding tert-OH is 1. The molecule has 11 heavy (non-hydrogen) atoms. The minimum atomic E-state index is -0.540. The fourth-order valence-electron chi connectivity index (χ4n) is 1.33. The van der Waals surface area contributed by atoms with Crippen LogP contribution in [0.4, 0.5) is 0 Å². The Morgan fingerprint density at radius 1 is 1.64 bits per heavy atom. The summed E-state index contributed by atoms with van der Waals surface area (Å²) in [6, 6.07) is 4.13. The van der Waals surface area contributed by atoms with Crippen LogP contribution in [0.3, 0.4) is 0 Å². The van der Waals surface area contributed by atoms with Crippen LogP contribution in [0.25, 0.3) is 0 Å². The van der Waals surface area contributed by atoms with Gasteiger partial charge < -0.3 is 9.84 Å². The highest BCUT2D eigenvalue weighted by Gasteiger charge is 2.25. The predicted molar refractivity (Wildman–Crippen MR) is 43.6 cm³/mol. The molecule has 1 unspecified atom stereocenters. The molecule has 0 bridgehead atoms. The molecule has 1 N–H and O–H groups in total. The van der Waals surface area contributed by atoms with E-state index in [1.807, 2.05) is 6.07 Å². The number of thiophene rings is 1. The summed E-state index contributed by atoms with van der Waals surface area (Å²) in [5.74, 6) is 0.421. The van der Waals surface area contributed by atoms with Gasteiger partial charge in [-0.25, -0.2) is 0 Å². The minimum absolute atomic E-state index is 0.421. The van der Waals surface area contributed by atoms with Crippen molar-refractivity contribution in [3.63, 3.8) is 0 Å². The molecule has 1 saturated heterocycles. The molecule has 1 aliphatic rings. The second-order valence-electron chi connectivity index (χ2n) is 2.74. The zero-order valence-electron chi connectivity index (χ0n) is 6.06. The lowest BCUT2D eigenvalue weighted by Crippen LogP contribution is -2.00. The van der Waals surface area contributed by atoms with Crippen LogP contribution in [0, 0.1) is 0 Å². The lowest BCUT2D eigenvalue weighted by Gasteiger charge is -2.01. The second-order valence-corrected chi connectivity index (χ2v) is 3.72. The van der Waals surface area contributed by atoms with Crippen molar-refractivity contribution in [1.29, 1.82) is 0 Å². The van der Waals surface area contributed by atoms with Gasteiger partial charge in [0.2, 0.25) is 0 Å². The maximum atomic E-state index is 9.08. The Balaban J connectivity index is 2.08. The number of aliphatic hydroxyl groups is 1. The standard InChI is InChI=1S/C8H10O2S/c9-8-4-6(5-10-8)7-2-1-3-11-7/h1-3,6,8-9H,4-5H2/t6-,8?/m0/s1. The van der Waals surface area contributed by atoms with Gasteiger partial charge in [0.25, 0.3) is 0 Å². The molecule has 1 aliphatic heterocycles. The second kappa shape index (κ2) is 2.93. The van der Waals surface area contributed by atoms with Crippen molar-refractivity contribution in [2.24, 2.45) is 0 Å². The van der Waals surface area contributed by atoms with E-state index in [9.17, 15) is 0 Å². The summed E-state index contributed by atoms with van der Waals surface area (Å²) in [5, 5.41) is 11.1. The average Bonchev–Trinajstić information content (AvgIpc) is 2.55. The molecule has 0 aliphatic carbocycles. The topological polar surface area (TPSA) is 29.5 Å². The van der Waals surface area contributed by atoms with Crippen LogP contribution >= 0.6 is 11.3 Å². The van der Waals surface area contributed by atoms with Crippen molar-refractivity contribution >= 4 is 11.3 Å². The summed E-state index contributed by atoms with van der Waals surface area (Å²) in [5.41, 5.74) is 0. The van der Waals surface area contributed by atoms with Gasteiger partial charge in [0.15, 0.2) is 6.29 Å². The molecule has 0 amide bonds. The molecule has 60 valence electrons. The first-order chi connectivity index (χ1) is 5.36. The van der Waals surface area contributed by atoms with Crippen molar-refractivity contribution in [1.82, 2.24) is 0 Å². The van der Waals surface area contributed by atoms with Crippen molar-refractivity contribution in [3.05, 3.63) is 22.4 Å². The van der Waals surface area contributed by atoms with Crippen LogP contribution in [0.15, 0.2) is 17.5 Å². The smallest absolute Gasteiger partial charge is 0.155 e. The van der Waals surface area contributed by atoms with Crippen LogP contribution < -0.4 is 0 Å². The van der Waals surface area contributed by atoms with E-state index in [0.29, 0.717) is 12.5 Å². The normalized spacial score (nSPS) is 31.0.